The standard InChI is InChI=1S/C19H14ClFO4/c1-10-5-14-12(7-18(22)25-17(14)6-11(10)2)9-24-19(23)15-8-13(20)3-4-16(15)21/h3-8H,9H2,1-2H3. The number of hydrogen-bond donors (Lipinski definition) is 0. The van der Waals surface area contributed by atoms with Crippen LogP contribution in [0.3, 0.4) is 0 Å². The van der Waals surface area contributed by atoms with Crippen LogP contribution in [0.25, 0.3) is 11.0 Å². The molecule has 0 spiro atoms. The minimum absolute atomic E-state index is 0.185. The summed E-state index contributed by atoms with van der Waals surface area (Å²) in [5.74, 6) is -1.58. The van der Waals surface area contributed by atoms with Crippen LogP contribution < -0.4 is 5.63 Å². The van der Waals surface area contributed by atoms with E-state index in [-0.39, 0.29) is 17.2 Å². The molecule has 0 aliphatic heterocycles. The van der Waals surface area contributed by atoms with Crippen molar-refractivity contribution in [1.29, 1.82) is 0 Å². The van der Waals surface area contributed by atoms with E-state index in [0.717, 1.165) is 17.2 Å². The van der Waals surface area contributed by atoms with Crippen LogP contribution >= 0.6 is 11.6 Å². The number of esters is 1. The molecule has 128 valence electrons. The van der Waals surface area contributed by atoms with Crippen LogP contribution in [0.4, 0.5) is 4.39 Å². The lowest BCUT2D eigenvalue weighted by molar-refractivity contribution is 0.0468. The molecule has 0 bridgehead atoms. The van der Waals surface area contributed by atoms with Crippen LogP contribution in [0.15, 0.2) is 45.6 Å². The summed E-state index contributed by atoms with van der Waals surface area (Å²) in [4.78, 5) is 23.8. The van der Waals surface area contributed by atoms with Crippen molar-refractivity contribution in [3.8, 4) is 0 Å². The molecule has 3 aromatic rings. The van der Waals surface area contributed by atoms with E-state index in [1.807, 2.05) is 19.9 Å². The largest absolute Gasteiger partial charge is 0.457 e. The Morgan fingerprint density at radius 3 is 2.64 bits per heavy atom. The number of benzene rings is 2. The summed E-state index contributed by atoms with van der Waals surface area (Å²) in [5, 5.41) is 0.896. The van der Waals surface area contributed by atoms with Crippen LogP contribution in [0, 0.1) is 19.7 Å². The molecule has 0 saturated carbocycles. The first-order chi connectivity index (χ1) is 11.8. The smallest absolute Gasteiger partial charge is 0.341 e. The average Bonchev–Trinajstić information content (AvgIpc) is 2.56. The average molecular weight is 361 g/mol. The van der Waals surface area contributed by atoms with Crippen molar-refractivity contribution >= 4 is 28.5 Å². The van der Waals surface area contributed by atoms with Gasteiger partial charge in [0.15, 0.2) is 0 Å². The summed E-state index contributed by atoms with van der Waals surface area (Å²) in [7, 11) is 0. The fourth-order valence-electron chi connectivity index (χ4n) is 2.48. The van der Waals surface area contributed by atoms with Crippen molar-refractivity contribution in [1.82, 2.24) is 0 Å². The SMILES string of the molecule is Cc1cc2oc(=O)cc(COC(=O)c3cc(Cl)ccc3F)c2cc1C. The van der Waals surface area contributed by atoms with Gasteiger partial charge < -0.3 is 9.15 Å². The third-order valence-corrected chi connectivity index (χ3v) is 4.19. The molecule has 0 radical (unpaired) electrons. The van der Waals surface area contributed by atoms with Crippen molar-refractivity contribution < 1.29 is 18.3 Å². The summed E-state index contributed by atoms with van der Waals surface area (Å²) >= 11 is 5.78. The Morgan fingerprint density at radius 2 is 1.88 bits per heavy atom. The Labute approximate surface area is 147 Å². The van der Waals surface area contributed by atoms with Gasteiger partial charge in [-0.25, -0.2) is 14.0 Å². The first kappa shape index (κ1) is 17.2. The molecule has 3 rings (SSSR count). The highest BCUT2D eigenvalue weighted by Crippen LogP contribution is 2.23. The summed E-state index contributed by atoms with van der Waals surface area (Å²) in [6.45, 7) is 3.65. The van der Waals surface area contributed by atoms with Crippen molar-refractivity contribution in [2.75, 3.05) is 0 Å². The number of fused-ring (bicyclic) bond motifs is 1. The molecule has 0 unspecified atom stereocenters. The second-order valence-corrected chi connectivity index (χ2v) is 6.16. The van der Waals surface area contributed by atoms with Crippen molar-refractivity contribution in [2.45, 2.75) is 20.5 Å². The monoisotopic (exact) mass is 360 g/mol. The number of rotatable bonds is 3. The maximum absolute atomic E-state index is 13.7. The van der Waals surface area contributed by atoms with Crippen LogP contribution in [0.5, 0.6) is 0 Å². The van der Waals surface area contributed by atoms with Crippen LogP contribution in [-0.2, 0) is 11.3 Å². The van der Waals surface area contributed by atoms with E-state index in [1.54, 1.807) is 6.07 Å². The van der Waals surface area contributed by atoms with Gasteiger partial charge in [-0.05, 0) is 55.3 Å². The number of ether oxygens (including phenoxy) is 1. The molecule has 25 heavy (non-hydrogen) atoms. The van der Waals surface area contributed by atoms with Crippen molar-refractivity contribution in [3.05, 3.63) is 79.9 Å². The molecule has 4 nitrogen and oxygen atoms in total. The molecule has 0 aliphatic carbocycles. The normalized spacial score (nSPS) is 10.9. The number of carbonyl (C=O) groups excluding carboxylic acids is 1. The first-order valence-electron chi connectivity index (χ1n) is 7.51. The second kappa shape index (κ2) is 6.69. The minimum atomic E-state index is -0.856. The number of carbonyl (C=O) groups is 1. The van der Waals surface area contributed by atoms with Crippen LogP contribution in [0.1, 0.15) is 27.0 Å². The third kappa shape index (κ3) is 3.56. The topological polar surface area (TPSA) is 56.5 Å². The molecular weight excluding hydrogens is 347 g/mol. The van der Waals surface area contributed by atoms with E-state index >= 15 is 0 Å². The predicted octanol–water partition coefficient (Wildman–Crippen LogP) is 4.56. The Morgan fingerprint density at radius 1 is 1.16 bits per heavy atom. The quantitative estimate of drug-likeness (QED) is 0.507. The van der Waals surface area contributed by atoms with Crippen molar-refractivity contribution in [2.24, 2.45) is 0 Å². The van der Waals surface area contributed by atoms with Crippen LogP contribution in [-0.4, -0.2) is 5.97 Å². The maximum atomic E-state index is 13.7. The molecule has 2 aromatic carbocycles. The van der Waals surface area contributed by atoms with Gasteiger partial charge in [0.05, 0.1) is 5.56 Å². The zero-order valence-corrected chi connectivity index (χ0v) is 14.3. The second-order valence-electron chi connectivity index (χ2n) is 5.72. The number of aryl methyl sites for hydroxylation is 2. The molecular formula is C19H14ClFO4. The molecule has 1 aromatic heterocycles. The lowest BCUT2D eigenvalue weighted by Crippen LogP contribution is -2.09. The molecule has 1 heterocycles. The van der Waals surface area contributed by atoms with E-state index in [1.165, 1.54) is 18.2 Å². The third-order valence-electron chi connectivity index (χ3n) is 3.95. The van der Waals surface area contributed by atoms with Gasteiger partial charge >= 0.3 is 11.6 Å². The Balaban J connectivity index is 1.93. The van der Waals surface area contributed by atoms with E-state index in [0.29, 0.717) is 16.5 Å². The van der Waals surface area contributed by atoms with Gasteiger partial charge in [-0.1, -0.05) is 11.6 Å². The summed E-state index contributed by atoms with van der Waals surface area (Å²) < 4.78 is 24.1. The Kier molecular flexibility index (Phi) is 4.59. The Bertz CT molecular complexity index is 1040. The van der Waals surface area contributed by atoms with Crippen LogP contribution in [0.2, 0.25) is 5.02 Å². The van der Waals surface area contributed by atoms with Crippen molar-refractivity contribution in [3.63, 3.8) is 0 Å². The molecule has 6 heteroatoms. The van der Waals surface area contributed by atoms with E-state index in [9.17, 15) is 14.0 Å². The van der Waals surface area contributed by atoms with Gasteiger partial charge in [-0.3, -0.25) is 0 Å². The molecule has 0 saturated heterocycles. The number of halogens is 2. The highest BCUT2D eigenvalue weighted by Gasteiger charge is 2.15. The van der Waals surface area contributed by atoms with E-state index in [2.05, 4.69) is 0 Å². The summed E-state index contributed by atoms with van der Waals surface area (Å²) in [6, 6.07) is 8.51. The van der Waals surface area contributed by atoms with Gasteiger partial charge in [0, 0.05) is 22.0 Å². The van der Waals surface area contributed by atoms with E-state index in [4.69, 9.17) is 20.8 Å². The van der Waals surface area contributed by atoms with E-state index < -0.39 is 17.4 Å². The highest BCUT2D eigenvalue weighted by molar-refractivity contribution is 6.30. The molecule has 0 fully saturated rings. The summed E-state index contributed by atoms with van der Waals surface area (Å²) in [5.41, 5.74) is 2.09. The van der Waals surface area contributed by atoms with Gasteiger partial charge in [-0.15, -0.1) is 0 Å². The zero-order valence-electron chi connectivity index (χ0n) is 13.6. The molecule has 0 atom stereocenters. The molecule has 0 N–H and O–H groups in total. The lowest BCUT2D eigenvalue weighted by atomic mass is 10.0. The summed E-state index contributed by atoms with van der Waals surface area (Å²) in [6.07, 6.45) is 0. The first-order valence-corrected chi connectivity index (χ1v) is 7.89. The number of hydrogen-bond acceptors (Lipinski definition) is 4. The highest BCUT2D eigenvalue weighted by atomic mass is 35.5. The predicted molar refractivity (Wildman–Crippen MR) is 92.5 cm³/mol. The zero-order chi connectivity index (χ0) is 18.1. The van der Waals surface area contributed by atoms with Gasteiger partial charge in [-0.2, -0.15) is 0 Å². The fraction of sp³-hybridized carbons (Fsp3) is 0.158. The minimum Gasteiger partial charge on any atom is -0.457 e. The van der Waals surface area contributed by atoms with Gasteiger partial charge in [0.25, 0.3) is 0 Å². The Hall–Kier alpha value is -2.66. The maximum Gasteiger partial charge on any atom is 0.341 e. The van der Waals surface area contributed by atoms with Gasteiger partial charge in [0.1, 0.15) is 18.0 Å². The molecule has 0 aliphatic rings. The fourth-order valence-corrected chi connectivity index (χ4v) is 2.65. The lowest BCUT2D eigenvalue weighted by Gasteiger charge is -2.09. The molecule has 0 amide bonds. The van der Waals surface area contributed by atoms with Gasteiger partial charge in [0.2, 0.25) is 0 Å².